The molecule has 1 aromatic rings. The summed E-state index contributed by atoms with van der Waals surface area (Å²) in [5.74, 6) is 1.77. The van der Waals surface area contributed by atoms with Crippen molar-refractivity contribution in [1.29, 1.82) is 0 Å². The first-order valence-corrected chi connectivity index (χ1v) is 6.23. The van der Waals surface area contributed by atoms with Gasteiger partial charge >= 0.3 is 0 Å². The number of aromatic nitrogens is 2. The van der Waals surface area contributed by atoms with Gasteiger partial charge < -0.3 is 15.7 Å². The number of rotatable bonds is 2. The van der Waals surface area contributed by atoms with Gasteiger partial charge in [0.05, 0.1) is 11.8 Å². The van der Waals surface area contributed by atoms with Gasteiger partial charge in [0.15, 0.2) is 0 Å². The molecule has 0 spiro atoms. The van der Waals surface area contributed by atoms with Crippen molar-refractivity contribution in [1.82, 2.24) is 9.97 Å². The van der Waals surface area contributed by atoms with Gasteiger partial charge in [-0.15, -0.1) is 0 Å². The standard InChI is InChI=1S/C12H18N4O/c13-5-9-3-4-14-12(15-9)16-6-8-1-2-11(17)10(8)7-16/h3-4,8,10-11,17H,1-2,5-7,13H2. The van der Waals surface area contributed by atoms with Crippen molar-refractivity contribution in [2.75, 3.05) is 18.0 Å². The van der Waals surface area contributed by atoms with Crippen LogP contribution in [0, 0.1) is 11.8 Å². The van der Waals surface area contributed by atoms with Crippen molar-refractivity contribution in [3.63, 3.8) is 0 Å². The first kappa shape index (κ1) is 10.9. The van der Waals surface area contributed by atoms with Crippen molar-refractivity contribution >= 4 is 5.95 Å². The van der Waals surface area contributed by atoms with Gasteiger partial charge in [0, 0.05) is 31.7 Å². The van der Waals surface area contributed by atoms with Crippen molar-refractivity contribution in [2.24, 2.45) is 17.6 Å². The fraction of sp³-hybridized carbons (Fsp3) is 0.667. The zero-order valence-corrected chi connectivity index (χ0v) is 9.79. The minimum absolute atomic E-state index is 0.136. The van der Waals surface area contributed by atoms with Crippen LogP contribution in [0.2, 0.25) is 0 Å². The van der Waals surface area contributed by atoms with Crippen LogP contribution in [-0.2, 0) is 6.54 Å². The predicted molar refractivity (Wildman–Crippen MR) is 64.4 cm³/mol. The lowest BCUT2D eigenvalue weighted by Crippen LogP contribution is -2.26. The number of fused-ring (bicyclic) bond motifs is 1. The number of aliphatic hydroxyl groups excluding tert-OH is 1. The predicted octanol–water partition coefficient (Wildman–Crippen LogP) is 0.142. The molecule has 0 radical (unpaired) electrons. The highest BCUT2D eigenvalue weighted by Crippen LogP contribution is 2.38. The Kier molecular flexibility index (Phi) is 2.72. The molecule has 2 heterocycles. The summed E-state index contributed by atoms with van der Waals surface area (Å²) in [6, 6.07) is 1.84. The van der Waals surface area contributed by atoms with Crippen molar-refractivity contribution in [3.05, 3.63) is 18.0 Å². The largest absolute Gasteiger partial charge is 0.393 e. The Hall–Kier alpha value is -1.20. The minimum Gasteiger partial charge on any atom is -0.393 e. The van der Waals surface area contributed by atoms with Crippen LogP contribution < -0.4 is 10.6 Å². The van der Waals surface area contributed by atoms with Gasteiger partial charge in [-0.25, -0.2) is 9.97 Å². The van der Waals surface area contributed by atoms with Crippen LogP contribution in [0.1, 0.15) is 18.5 Å². The Bertz CT molecular complexity index is 411. The SMILES string of the molecule is NCc1ccnc(N2CC3CCC(O)C3C2)n1. The first-order valence-electron chi connectivity index (χ1n) is 6.23. The molecule has 1 aliphatic heterocycles. The van der Waals surface area contributed by atoms with E-state index in [1.165, 1.54) is 0 Å². The molecule has 3 rings (SSSR count). The Morgan fingerprint density at radius 3 is 3.06 bits per heavy atom. The lowest BCUT2D eigenvalue weighted by atomic mass is 10.00. The van der Waals surface area contributed by atoms with Gasteiger partial charge in [-0.2, -0.15) is 0 Å². The molecule has 5 heteroatoms. The number of hydrogen-bond acceptors (Lipinski definition) is 5. The molecule has 1 saturated heterocycles. The zero-order chi connectivity index (χ0) is 11.8. The molecule has 17 heavy (non-hydrogen) atoms. The highest BCUT2D eigenvalue weighted by Gasteiger charge is 2.42. The van der Waals surface area contributed by atoms with Crippen LogP contribution >= 0.6 is 0 Å². The molecule has 1 aliphatic carbocycles. The fourth-order valence-electron chi connectivity index (χ4n) is 3.05. The van der Waals surface area contributed by atoms with Crippen LogP contribution in [0.3, 0.4) is 0 Å². The number of nitrogens with two attached hydrogens (primary N) is 1. The molecule has 0 amide bonds. The quantitative estimate of drug-likeness (QED) is 0.761. The zero-order valence-electron chi connectivity index (χ0n) is 9.79. The molecule has 5 nitrogen and oxygen atoms in total. The Morgan fingerprint density at radius 1 is 1.41 bits per heavy atom. The van der Waals surface area contributed by atoms with Gasteiger partial charge in [-0.3, -0.25) is 0 Å². The Morgan fingerprint density at radius 2 is 2.29 bits per heavy atom. The maximum absolute atomic E-state index is 9.88. The average Bonchev–Trinajstić information content (AvgIpc) is 2.92. The molecule has 3 atom stereocenters. The summed E-state index contributed by atoms with van der Waals surface area (Å²) < 4.78 is 0. The normalized spacial score (nSPS) is 31.9. The van der Waals surface area contributed by atoms with Crippen LogP contribution in [0.15, 0.2) is 12.3 Å². The molecule has 1 aromatic heterocycles. The Balaban J connectivity index is 1.78. The first-order chi connectivity index (χ1) is 8.28. The van der Waals surface area contributed by atoms with Gasteiger partial charge in [-0.05, 0) is 24.8 Å². The van der Waals surface area contributed by atoms with E-state index in [0.29, 0.717) is 18.4 Å². The fourth-order valence-corrected chi connectivity index (χ4v) is 3.05. The van der Waals surface area contributed by atoms with Crippen molar-refractivity contribution in [3.8, 4) is 0 Å². The number of hydrogen-bond donors (Lipinski definition) is 2. The van der Waals surface area contributed by atoms with Crippen molar-refractivity contribution < 1.29 is 5.11 Å². The maximum Gasteiger partial charge on any atom is 0.225 e. The molecule has 3 N–H and O–H groups in total. The van der Waals surface area contributed by atoms with E-state index in [4.69, 9.17) is 5.73 Å². The van der Waals surface area contributed by atoms with E-state index < -0.39 is 0 Å². The second-order valence-corrected chi connectivity index (χ2v) is 5.03. The molecule has 92 valence electrons. The molecule has 2 aliphatic rings. The molecular weight excluding hydrogens is 216 g/mol. The van der Waals surface area contributed by atoms with E-state index in [1.54, 1.807) is 6.20 Å². The third kappa shape index (κ3) is 1.89. The van der Waals surface area contributed by atoms with Crippen LogP contribution in [-0.4, -0.2) is 34.3 Å². The number of nitrogens with zero attached hydrogens (tertiary/aromatic N) is 3. The molecule has 3 unspecified atom stereocenters. The molecule has 0 bridgehead atoms. The molecular formula is C12H18N4O. The smallest absolute Gasteiger partial charge is 0.225 e. The number of aliphatic hydroxyl groups is 1. The summed E-state index contributed by atoms with van der Waals surface area (Å²) in [6.07, 6.45) is 3.70. The van der Waals surface area contributed by atoms with Gasteiger partial charge in [-0.1, -0.05) is 0 Å². The van der Waals surface area contributed by atoms with E-state index in [2.05, 4.69) is 14.9 Å². The van der Waals surface area contributed by atoms with Gasteiger partial charge in [0.1, 0.15) is 0 Å². The van der Waals surface area contributed by atoms with E-state index in [1.807, 2.05) is 6.07 Å². The molecule has 1 saturated carbocycles. The van der Waals surface area contributed by atoms with Crippen molar-refractivity contribution in [2.45, 2.75) is 25.5 Å². The van der Waals surface area contributed by atoms with E-state index in [0.717, 1.165) is 37.6 Å². The summed E-state index contributed by atoms with van der Waals surface area (Å²) in [6.45, 7) is 2.29. The van der Waals surface area contributed by atoms with Crippen LogP contribution in [0.25, 0.3) is 0 Å². The van der Waals surface area contributed by atoms with Gasteiger partial charge in [0.25, 0.3) is 0 Å². The second-order valence-electron chi connectivity index (χ2n) is 5.03. The summed E-state index contributed by atoms with van der Waals surface area (Å²) in [7, 11) is 0. The highest BCUT2D eigenvalue weighted by atomic mass is 16.3. The lowest BCUT2D eigenvalue weighted by Gasteiger charge is -2.18. The summed E-state index contributed by atoms with van der Waals surface area (Å²) in [5, 5.41) is 9.88. The van der Waals surface area contributed by atoms with E-state index in [-0.39, 0.29) is 6.10 Å². The van der Waals surface area contributed by atoms with Crippen LogP contribution in [0.5, 0.6) is 0 Å². The van der Waals surface area contributed by atoms with Gasteiger partial charge in [0.2, 0.25) is 5.95 Å². The maximum atomic E-state index is 9.88. The van der Waals surface area contributed by atoms with Crippen LogP contribution in [0.4, 0.5) is 5.95 Å². The third-order valence-corrected chi connectivity index (χ3v) is 4.01. The Labute approximate surface area is 101 Å². The summed E-state index contributed by atoms with van der Waals surface area (Å²) in [4.78, 5) is 10.9. The minimum atomic E-state index is -0.136. The highest BCUT2D eigenvalue weighted by molar-refractivity contribution is 5.33. The monoisotopic (exact) mass is 234 g/mol. The molecule has 0 aromatic carbocycles. The molecule has 2 fully saturated rings. The number of anilines is 1. The second kappa shape index (κ2) is 4.23. The van der Waals surface area contributed by atoms with E-state index in [9.17, 15) is 5.11 Å². The summed E-state index contributed by atoms with van der Waals surface area (Å²) in [5.41, 5.74) is 6.45. The van der Waals surface area contributed by atoms with E-state index >= 15 is 0 Å². The lowest BCUT2D eigenvalue weighted by molar-refractivity contribution is 0.133. The topological polar surface area (TPSA) is 75.3 Å². The summed E-state index contributed by atoms with van der Waals surface area (Å²) >= 11 is 0. The average molecular weight is 234 g/mol. The third-order valence-electron chi connectivity index (χ3n) is 4.01.